The Bertz CT molecular complexity index is 238. The highest BCUT2D eigenvalue weighted by Crippen LogP contribution is 2.18. The Morgan fingerprint density at radius 3 is 2.83 bits per heavy atom. The maximum absolute atomic E-state index is 10.6. The highest BCUT2D eigenvalue weighted by Gasteiger charge is 2.18. The number of carbonyl (C=O) groups is 1. The summed E-state index contributed by atoms with van der Waals surface area (Å²) in [4.78, 5) is 14.5. The molecule has 1 aromatic rings. The van der Waals surface area contributed by atoms with Crippen LogP contribution >= 0.6 is 23.7 Å². The molecule has 0 aliphatic rings. The van der Waals surface area contributed by atoms with Crippen LogP contribution < -0.4 is 0 Å². The maximum Gasteiger partial charge on any atom is 0.312 e. The number of halogens is 1. The Morgan fingerprint density at radius 1 is 1.83 bits per heavy atom. The van der Waals surface area contributed by atoms with Crippen molar-refractivity contribution in [1.82, 2.24) is 4.98 Å². The molecule has 3 nitrogen and oxygen atoms in total. The molecule has 0 aliphatic carbocycles. The van der Waals surface area contributed by atoms with Gasteiger partial charge in [-0.05, 0) is 6.42 Å². The van der Waals surface area contributed by atoms with Gasteiger partial charge < -0.3 is 5.11 Å². The summed E-state index contributed by atoms with van der Waals surface area (Å²) in [5.41, 5.74) is 2.33. The fourth-order valence-corrected chi connectivity index (χ4v) is 1.51. The first-order chi connectivity index (χ1) is 5.25. The zero-order valence-corrected chi connectivity index (χ0v) is 8.19. The number of aliphatic carboxylic acids is 1. The highest BCUT2D eigenvalue weighted by molar-refractivity contribution is 7.07. The van der Waals surface area contributed by atoms with Gasteiger partial charge in [0.2, 0.25) is 0 Å². The third kappa shape index (κ3) is 2.46. The molecule has 0 aromatic carbocycles. The Morgan fingerprint density at radius 2 is 2.50 bits per heavy atom. The average molecular weight is 208 g/mol. The van der Waals surface area contributed by atoms with Gasteiger partial charge in [0.05, 0.1) is 17.1 Å². The number of carboxylic acid groups (broad SMARTS) is 1. The largest absolute Gasteiger partial charge is 0.481 e. The maximum atomic E-state index is 10.6. The molecule has 0 saturated heterocycles. The molecule has 5 heteroatoms. The van der Waals surface area contributed by atoms with Crippen molar-refractivity contribution in [2.45, 2.75) is 19.3 Å². The van der Waals surface area contributed by atoms with E-state index in [0.29, 0.717) is 12.1 Å². The van der Waals surface area contributed by atoms with Crippen LogP contribution in [0.15, 0.2) is 10.9 Å². The lowest BCUT2D eigenvalue weighted by molar-refractivity contribution is -0.138. The van der Waals surface area contributed by atoms with E-state index < -0.39 is 11.9 Å². The van der Waals surface area contributed by atoms with Crippen LogP contribution in [0.3, 0.4) is 0 Å². The van der Waals surface area contributed by atoms with E-state index >= 15 is 0 Å². The molecule has 1 heterocycles. The zero-order valence-electron chi connectivity index (χ0n) is 6.56. The molecule has 0 saturated carbocycles. The van der Waals surface area contributed by atoms with Crippen LogP contribution in [0.5, 0.6) is 0 Å². The lowest BCUT2D eigenvalue weighted by Gasteiger charge is -2.04. The van der Waals surface area contributed by atoms with E-state index in [1.54, 1.807) is 10.9 Å². The molecule has 0 fully saturated rings. The molecule has 1 atom stereocenters. The third-order valence-electron chi connectivity index (χ3n) is 1.51. The van der Waals surface area contributed by atoms with Crippen molar-refractivity contribution < 1.29 is 9.90 Å². The van der Waals surface area contributed by atoms with Crippen molar-refractivity contribution in [3.8, 4) is 0 Å². The zero-order chi connectivity index (χ0) is 8.27. The van der Waals surface area contributed by atoms with Gasteiger partial charge in [0.1, 0.15) is 0 Å². The molecule has 1 rings (SSSR count). The minimum Gasteiger partial charge on any atom is -0.481 e. The summed E-state index contributed by atoms with van der Waals surface area (Å²) in [5.74, 6) is -1.22. The standard InChI is InChI=1S/C7H9NO2S.ClH/c1-2-5(7(9)10)6-3-11-4-8-6;/h3-5H,2H2,1H3,(H,9,10);1H. The Kier molecular flexibility index (Phi) is 4.85. The fraction of sp³-hybridized carbons (Fsp3) is 0.429. The molecule has 0 spiro atoms. The number of hydrogen-bond acceptors (Lipinski definition) is 3. The summed E-state index contributed by atoms with van der Waals surface area (Å²) in [6.07, 6.45) is 0.596. The third-order valence-corrected chi connectivity index (χ3v) is 2.12. The van der Waals surface area contributed by atoms with Gasteiger partial charge in [-0.15, -0.1) is 23.7 Å². The summed E-state index contributed by atoms with van der Waals surface area (Å²) >= 11 is 1.43. The van der Waals surface area contributed by atoms with Gasteiger partial charge in [0.15, 0.2) is 0 Å². The van der Waals surface area contributed by atoms with E-state index in [-0.39, 0.29) is 12.4 Å². The van der Waals surface area contributed by atoms with E-state index in [9.17, 15) is 4.79 Å². The van der Waals surface area contributed by atoms with E-state index in [1.807, 2.05) is 6.92 Å². The minimum atomic E-state index is -0.793. The van der Waals surface area contributed by atoms with Crippen molar-refractivity contribution in [2.75, 3.05) is 0 Å². The second-order valence-electron chi connectivity index (χ2n) is 2.21. The Labute approximate surface area is 80.9 Å². The van der Waals surface area contributed by atoms with E-state index in [1.165, 1.54) is 11.3 Å². The van der Waals surface area contributed by atoms with Gasteiger partial charge in [0.25, 0.3) is 0 Å². The van der Waals surface area contributed by atoms with Gasteiger partial charge in [0, 0.05) is 5.38 Å². The number of rotatable bonds is 3. The van der Waals surface area contributed by atoms with Crippen molar-refractivity contribution in [3.05, 3.63) is 16.6 Å². The predicted molar refractivity (Wildman–Crippen MR) is 50.0 cm³/mol. The minimum absolute atomic E-state index is 0. The molecular weight excluding hydrogens is 198 g/mol. The van der Waals surface area contributed by atoms with E-state index in [0.717, 1.165) is 0 Å². The average Bonchev–Trinajstić information content (AvgIpc) is 2.40. The molecule has 12 heavy (non-hydrogen) atoms. The first kappa shape index (κ1) is 11.4. The first-order valence-corrected chi connectivity index (χ1v) is 4.31. The van der Waals surface area contributed by atoms with Crippen LogP contribution in [-0.4, -0.2) is 16.1 Å². The fourth-order valence-electron chi connectivity index (χ4n) is 0.904. The smallest absolute Gasteiger partial charge is 0.312 e. The molecule has 0 bridgehead atoms. The molecule has 1 N–H and O–H groups in total. The van der Waals surface area contributed by atoms with Gasteiger partial charge in [-0.25, -0.2) is 4.98 Å². The van der Waals surface area contributed by atoms with Crippen molar-refractivity contribution in [2.24, 2.45) is 0 Å². The van der Waals surface area contributed by atoms with Crippen LogP contribution in [0.1, 0.15) is 25.0 Å². The molecule has 0 aliphatic heterocycles. The normalized spacial score (nSPS) is 11.8. The quantitative estimate of drug-likeness (QED) is 0.826. The molecular formula is C7H10ClNO2S. The highest BCUT2D eigenvalue weighted by atomic mass is 35.5. The Hall–Kier alpha value is -0.610. The molecule has 0 amide bonds. The number of carboxylic acids is 1. The number of hydrogen-bond donors (Lipinski definition) is 1. The van der Waals surface area contributed by atoms with Gasteiger partial charge in [-0.3, -0.25) is 4.79 Å². The van der Waals surface area contributed by atoms with Gasteiger partial charge in [-0.1, -0.05) is 6.92 Å². The van der Waals surface area contributed by atoms with Crippen LogP contribution in [0.4, 0.5) is 0 Å². The SMILES string of the molecule is CCC(C(=O)O)c1cscn1.Cl. The lowest BCUT2D eigenvalue weighted by atomic mass is 10.0. The Balaban J connectivity index is 0.00000121. The van der Waals surface area contributed by atoms with Crippen LogP contribution in [0, 0.1) is 0 Å². The van der Waals surface area contributed by atoms with Crippen molar-refractivity contribution >= 4 is 29.7 Å². The summed E-state index contributed by atoms with van der Waals surface area (Å²) in [6.45, 7) is 1.85. The van der Waals surface area contributed by atoms with Crippen LogP contribution in [0.2, 0.25) is 0 Å². The summed E-state index contributed by atoms with van der Waals surface area (Å²) in [5, 5.41) is 10.5. The van der Waals surface area contributed by atoms with Gasteiger partial charge >= 0.3 is 5.97 Å². The predicted octanol–water partition coefficient (Wildman–Crippen LogP) is 2.14. The van der Waals surface area contributed by atoms with Gasteiger partial charge in [-0.2, -0.15) is 0 Å². The van der Waals surface area contributed by atoms with E-state index in [2.05, 4.69) is 4.98 Å². The molecule has 1 unspecified atom stereocenters. The van der Waals surface area contributed by atoms with Crippen LogP contribution in [-0.2, 0) is 4.79 Å². The molecule has 68 valence electrons. The number of aromatic nitrogens is 1. The lowest BCUT2D eigenvalue weighted by Crippen LogP contribution is -2.10. The number of thiazole rings is 1. The number of nitrogens with zero attached hydrogens (tertiary/aromatic N) is 1. The summed E-state index contributed by atoms with van der Waals surface area (Å²) in [6, 6.07) is 0. The van der Waals surface area contributed by atoms with Crippen molar-refractivity contribution in [3.63, 3.8) is 0 Å². The second kappa shape index (κ2) is 5.11. The first-order valence-electron chi connectivity index (χ1n) is 3.36. The topological polar surface area (TPSA) is 50.2 Å². The monoisotopic (exact) mass is 207 g/mol. The van der Waals surface area contributed by atoms with E-state index in [4.69, 9.17) is 5.11 Å². The summed E-state index contributed by atoms with van der Waals surface area (Å²) < 4.78 is 0. The van der Waals surface area contributed by atoms with Crippen LogP contribution in [0.25, 0.3) is 0 Å². The van der Waals surface area contributed by atoms with Crippen molar-refractivity contribution in [1.29, 1.82) is 0 Å². The molecule has 0 radical (unpaired) electrons. The summed E-state index contributed by atoms with van der Waals surface area (Å²) in [7, 11) is 0. The second-order valence-corrected chi connectivity index (χ2v) is 2.93. The molecule has 1 aromatic heterocycles.